The molecule has 1 aliphatic rings. The Morgan fingerprint density at radius 3 is 2.92 bits per heavy atom. The summed E-state index contributed by atoms with van der Waals surface area (Å²) in [6, 6.07) is 3.45. The zero-order chi connectivity index (χ0) is 17.1. The highest BCUT2D eigenvalue weighted by Gasteiger charge is 2.25. The maximum absolute atomic E-state index is 11.1. The number of aromatic nitrogens is 3. The van der Waals surface area contributed by atoms with Gasteiger partial charge in [-0.15, -0.1) is 21.5 Å². The Morgan fingerprint density at radius 2 is 2.29 bits per heavy atom. The molecular weight excluding hydrogens is 324 g/mol. The molecule has 0 aliphatic carbocycles. The molecule has 0 unspecified atom stereocenters. The summed E-state index contributed by atoms with van der Waals surface area (Å²) in [5.41, 5.74) is 8.44. The first kappa shape index (κ1) is 16.8. The molecule has 3 heterocycles. The number of nitrogens with zero attached hydrogens (tertiary/aromatic N) is 5. The molecule has 3 rings (SSSR count). The highest BCUT2D eigenvalue weighted by molar-refractivity contribution is 7.09. The number of aryl methyl sites for hydroxylation is 1. The molecule has 1 saturated heterocycles. The molecule has 1 fully saturated rings. The molecule has 8 heteroatoms. The number of hydrogen-bond acceptors (Lipinski definition) is 7. The van der Waals surface area contributed by atoms with Gasteiger partial charge >= 0.3 is 0 Å². The molecule has 1 atom stereocenters. The second-order valence-corrected chi connectivity index (χ2v) is 7.24. The number of thiazole rings is 1. The summed E-state index contributed by atoms with van der Waals surface area (Å²) in [6.45, 7) is 5.96. The summed E-state index contributed by atoms with van der Waals surface area (Å²) in [5.74, 6) is 0.859. The van der Waals surface area contributed by atoms with Crippen molar-refractivity contribution in [2.75, 3.05) is 31.6 Å². The number of anilines is 1. The molecular formula is C16H22N6OS. The average molecular weight is 346 g/mol. The van der Waals surface area contributed by atoms with Crippen LogP contribution in [0.4, 0.5) is 5.82 Å². The Balaban J connectivity index is 1.53. The van der Waals surface area contributed by atoms with Gasteiger partial charge in [-0.2, -0.15) is 0 Å². The molecule has 0 bridgehead atoms. The lowest BCUT2D eigenvalue weighted by molar-refractivity contribution is 0.0994. The van der Waals surface area contributed by atoms with Crippen molar-refractivity contribution in [3.63, 3.8) is 0 Å². The van der Waals surface area contributed by atoms with E-state index >= 15 is 0 Å². The lowest BCUT2D eigenvalue weighted by atomic mass is 10.1. The summed E-state index contributed by atoms with van der Waals surface area (Å²) < 4.78 is 0. The maximum Gasteiger partial charge on any atom is 0.269 e. The summed E-state index contributed by atoms with van der Waals surface area (Å²) in [4.78, 5) is 21.3. The van der Waals surface area contributed by atoms with Gasteiger partial charge in [0.25, 0.3) is 5.91 Å². The van der Waals surface area contributed by atoms with Crippen molar-refractivity contribution in [3.8, 4) is 0 Å². The molecule has 2 aromatic heterocycles. The molecule has 1 aliphatic heterocycles. The van der Waals surface area contributed by atoms with Crippen LogP contribution in [0.1, 0.15) is 27.5 Å². The van der Waals surface area contributed by atoms with Crippen molar-refractivity contribution in [2.24, 2.45) is 11.7 Å². The van der Waals surface area contributed by atoms with Crippen molar-refractivity contribution >= 4 is 23.1 Å². The van der Waals surface area contributed by atoms with Gasteiger partial charge in [-0.25, -0.2) is 4.98 Å². The van der Waals surface area contributed by atoms with E-state index in [9.17, 15) is 4.79 Å². The number of carbonyl (C=O) groups excluding carboxylic acids is 1. The molecule has 2 N–H and O–H groups in total. The first-order valence-corrected chi connectivity index (χ1v) is 8.87. The zero-order valence-electron chi connectivity index (χ0n) is 14.0. The van der Waals surface area contributed by atoms with Crippen LogP contribution in [0.2, 0.25) is 0 Å². The Bertz CT molecular complexity index is 701. The van der Waals surface area contributed by atoms with Crippen molar-refractivity contribution in [1.29, 1.82) is 0 Å². The number of primary amides is 1. The average Bonchev–Trinajstić information content (AvgIpc) is 3.17. The first-order chi connectivity index (χ1) is 11.5. The molecule has 7 nitrogen and oxygen atoms in total. The molecule has 128 valence electrons. The fraction of sp³-hybridized carbons (Fsp3) is 0.500. The van der Waals surface area contributed by atoms with Crippen LogP contribution < -0.4 is 10.6 Å². The van der Waals surface area contributed by atoms with Crippen LogP contribution in [-0.2, 0) is 6.54 Å². The van der Waals surface area contributed by atoms with Gasteiger partial charge in [-0.3, -0.25) is 4.79 Å². The zero-order valence-corrected chi connectivity index (χ0v) is 14.8. The van der Waals surface area contributed by atoms with E-state index in [1.54, 1.807) is 17.4 Å². The minimum absolute atomic E-state index is 0.203. The van der Waals surface area contributed by atoms with E-state index < -0.39 is 5.91 Å². The van der Waals surface area contributed by atoms with E-state index in [0.717, 1.165) is 44.1 Å². The normalized spacial score (nSPS) is 17.6. The van der Waals surface area contributed by atoms with Crippen molar-refractivity contribution < 1.29 is 4.79 Å². The van der Waals surface area contributed by atoms with Crippen LogP contribution in [0, 0.1) is 12.8 Å². The number of hydrogen-bond donors (Lipinski definition) is 1. The Labute approximate surface area is 145 Å². The Kier molecular flexibility index (Phi) is 5.06. The second kappa shape index (κ2) is 7.23. The van der Waals surface area contributed by atoms with Crippen LogP contribution in [-0.4, -0.2) is 52.7 Å². The largest absolute Gasteiger partial charge is 0.364 e. The van der Waals surface area contributed by atoms with Gasteiger partial charge in [-0.1, -0.05) is 0 Å². The molecule has 24 heavy (non-hydrogen) atoms. The monoisotopic (exact) mass is 346 g/mol. The van der Waals surface area contributed by atoms with Crippen LogP contribution >= 0.6 is 11.3 Å². The lowest BCUT2D eigenvalue weighted by Gasteiger charge is -2.21. The van der Waals surface area contributed by atoms with E-state index in [1.165, 1.54) is 4.88 Å². The highest BCUT2D eigenvalue weighted by Crippen LogP contribution is 2.23. The summed E-state index contributed by atoms with van der Waals surface area (Å²) >= 11 is 1.72. The van der Waals surface area contributed by atoms with Gasteiger partial charge in [0.1, 0.15) is 0 Å². The van der Waals surface area contributed by atoms with Crippen LogP contribution in [0.25, 0.3) is 0 Å². The summed E-state index contributed by atoms with van der Waals surface area (Å²) in [7, 11) is 2.16. The van der Waals surface area contributed by atoms with Crippen LogP contribution in [0.3, 0.4) is 0 Å². The predicted molar refractivity (Wildman–Crippen MR) is 94.1 cm³/mol. The van der Waals surface area contributed by atoms with Crippen molar-refractivity contribution in [3.05, 3.63) is 33.9 Å². The quantitative estimate of drug-likeness (QED) is 0.848. The molecule has 0 saturated carbocycles. The number of rotatable bonds is 6. The third-order valence-corrected chi connectivity index (χ3v) is 5.26. The van der Waals surface area contributed by atoms with E-state index in [-0.39, 0.29) is 5.69 Å². The van der Waals surface area contributed by atoms with Gasteiger partial charge < -0.3 is 15.5 Å². The maximum atomic E-state index is 11.1. The van der Waals surface area contributed by atoms with Gasteiger partial charge in [0.2, 0.25) is 0 Å². The lowest BCUT2D eigenvalue weighted by Crippen LogP contribution is -2.28. The van der Waals surface area contributed by atoms with E-state index in [0.29, 0.717) is 5.92 Å². The highest BCUT2D eigenvalue weighted by atomic mass is 32.1. The third kappa shape index (κ3) is 3.88. The molecule has 0 aromatic carbocycles. The Morgan fingerprint density at radius 1 is 1.46 bits per heavy atom. The van der Waals surface area contributed by atoms with E-state index in [2.05, 4.69) is 39.0 Å². The van der Waals surface area contributed by atoms with Gasteiger partial charge in [-0.05, 0) is 38.4 Å². The molecule has 0 radical (unpaired) electrons. The van der Waals surface area contributed by atoms with Crippen molar-refractivity contribution in [1.82, 2.24) is 20.1 Å². The van der Waals surface area contributed by atoms with Crippen molar-refractivity contribution in [2.45, 2.75) is 19.9 Å². The second-order valence-electron chi connectivity index (χ2n) is 6.30. The number of carbonyl (C=O) groups is 1. The van der Waals surface area contributed by atoms with E-state index in [1.807, 2.05) is 11.6 Å². The van der Waals surface area contributed by atoms with Crippen LogP contribution in [0.5, 0.6) is 0 Å². The SMILES string of the molecule is Cc1ncsc1CN(C)C[C@H]1CCN(c2ccc(C(N)=O)nn2)C1. The molecule has 2 aromatic rings. The minimum Gasteiger partial charge on any atom is -0.364 e. The van der Waals surface area contributed by atoms with Crippen LogP contribution in [0.15, 0.2) is 17.6 Å². The van der Waals surface area contributed by atoms with E-state index in [4.69, 9.17) is 5.73 Å². The van der Waals surface area contributed by atoms with Gasteiger partial charge in [0.05, 0.1) is 11.2 Å². The fourth-order valence-electron chi connectivity index (χ4n) is 3.04. The topological polar surface area (TPSA) is 88.2 Å². The molecule has 1 amide bonds. The minimum atomic E-state index is -0.548. The predicted octanol–water partition coefficient (Wildman–Crippen LogP) is 1.30. The summed E-state index contributed by atoms with van der Waals surface area (Å²) in [6.07, 6.45) is 1.13. The third-order valence-electron chi connectivity index (χ3n) is 4.34. The standard InChI is InChI=1S/C16H22N6OS/c1-11-14(24-10-18-11)9-21(2)7-12-5-6-22(8-12)15-4-3-13(16(17)23)19-20-15/h3-4,10,12H,5-9H2,1-2H3,(H2,17,23)/t12-/m1/s1. The first-order valence-electron chi connectivity index (χ1n) is 7.99. The Hall–Kier alpha value is -2.06. The number of nitrogens with two attached hydrogens (primary N) is 1. The van der Waals surface area contributed by atoms with Gasteiger partial charge in [0.15, 0.2) is 11.5 Å². The number of amides is 1. The summed E-state index contributed by atoms with van der Waals surface area (Å²) in [5, 5.41) is 8.01. The smallest absolute Gasteiger partial charge is 0.269 e. The van der Waals surface area contributed by atoms with Gasteiger partial charge in [0, 0.05) is 31.1 Å². The molecule has 0 spiro atoms. The fourth-order valence-corrected chi connectivity index (χ4v) is 3.90.